The zero-order valence-electron chi connectivity index (χ0n) is 28.5. The van der Waals surface area contributed by atoms with Gasteiger partial charge in [-0.2, -0.15) is 20.1 Å². The third kappa shape index (κ3) is 9.95. The Morgan fingerprint density at radius 2 is 1.41 bits per heavy atom. The molecule has 1 aromatic heterocycles. The van der Waals surface area contributed by atoms with E-state index in [9.17, 15) is 43.7 Å². The maximum absolute atomic E-state index is 14.0. The molecule has 0 unspecified atom stereocenters. The summed E-state index contributed by atoms with van der Waals surface area (Å²) < 4.78 is 110. The van der Waals surface area contributed by atoms with Gasteiger partial charge in [0.2, 0.25) is 23.0 Å². The molecule has 0 saturated carbocycles. The van der Waals surface area contributed by atoms with E-state index < -0.39 is 79.0 Å². The number of fused-ring (bicyclic) bond motifs is 2. The summed E-state index contributed by atoms with van der Waals surface area (Å²) in [6.45, 7) is 0. The Morgan fingerprint density at radius 3 is 2.04 bits per heavy atom. The normalized spacial score (nSPS) is 13.5. The molecule has 6 rings (SSSR count). The molecule has 17 nitrogen and oxygen atoms in total. The molecule has 0 spiro atoms. The number of aromatic nitrogens is 3. The molecule has 0 aliphatic heterocycles. The van der Waals surface area contributed by atoms with Crippen molar-refractivity contribution in [3.05, 3.63) is 100 Å². The first kappa shape index (κ1) is 46.0. The second-order valence-corrected chi connectivity index (χ2v) is 15.0. The van der Waals surface area contributed by atoms with Crippen LogP contribution in [0.2, 0.25) is 5.28 Å². The Hall–Kier alpha value is -2.35. The van der Waals surface area contributed by atoms with Gasteiger partial charge in [-0.15, -0.1) is 0 Å². The average molecular weight is 838 g/mol. The number of ketones is 1. The minimum absolute atomic E-state index is 0. The summed E-state index contributed by atoms with van der Waals surface area (Å²) in [6.07, 6.45) is 0.611. The zero-order chi connectivity index (χ0) is 36.9. The van der Waals surface area contributed by atoms with E-state index in [1.54, 1.807) is 43.4 Å². The Labute approximate surface area is 379 Å². The van der Waals surface area contributed by atoms with E-state index in [0.717, 1.165) is 12.1 Å². The summed E-state index contributed by atoms with van der Waals surface area (Å²) in [7, 11) is -14.4. The zero-order valence-corrected chi connectivity index (χ0v) is 37.7. The van der Waals surface area contributed by atoms with Crippen molar-refractivity contribution in [1.29, 1.82) is 0 Å². The number of para-hydroxylation sites is 1. The van der Waals surface area contributed by atoms with Crippen LogP contribution < -0.4 is 104 Å². The first-order valence-electron chi connectivity index (χ1n) is 14.1. The van der Waals surface area contributed by atoms with Crippen LogP contribution in [0, 0.1) is 0 Å². The average Bonchev–Trinajstić information content (AvgIpc) is 3.05. The third-order valence-electron chi connectivity index (χ3n) is 7.37. The molecule has 4 aromatic carbocycles. The van der Waals surface area contributed by atoms with E-state index >= 15 is 0 Å². The Balaban J connectivity index is 0.00000261. The molecule has 54 heavy (non-hydrogen) atoms. The SMILES string of the molecule is CN(c1ccccc1)c1nc(Cl)nc(Nc2cc(S(=O)(=O)[O-])cc3c2C(=O)C(=NNc2ccc4ccccc4c2S(=O)(=O)[O-])C(S(=O)(=O)[O-])=C3)n1.[Na+].[Na+].[Na+]. The van der Waals surface area contributed by atoms with Crippen molar-refractivity contribution in [3.63, 3.8) is 0 Å². The quantitative estimate of drug-likeness (QED) is 0.0797. The summed E-state index contributed by atoms with van der Waals surface area (Å²) in [5.41, 5.74) is -0.142. The molecule has 262 valence electrons. The minimum Gasteiger partial charge on any atom is -0.744 e. The number of halogens is 1. The molecule has 1 aliphatic rings. The number of nitrogens with zero attached hydrogens (tertiary/aromatic N) is 5. The van der Waals surface area contributed by atoms with E-state index in [4.69, 9.17) is 11.6 Å². The van der Waals surface area contributed by atoms with Gasteiger partial charge in [0.05, 0.1) is 31.6 Å². The van der Waals surface area contributed by atoms with E-state index in [-0.39, 0.29) is 111 Å². The number of hydrazone groups is 1. The largest absolute Gasteiger partial charge is 1.00 e. The first-order valence-corrected chi connectivity index (χ1v) is 18.7. The van der Waals surface area contributed by atoms with Crippen molar-refractivity contribution in [2.75, 3.05) is 22.7 Å². The number of benzene rings is 4. The van der Waals surface area contributed by atoms with Gasteiger partial charge in [0.1, 0.15) is 36.1 Å². The number of carbonyl (C=O) groups is 1. The van der Waals surface area contributed by atoms with Crippen LogP contribution in [-0.2, 0) is 30.4 Å². The second kappa shape index (κ2) is 17.8. The summed E-state index contributed by atoms with van der Waals surface area (Å²) in [5.74, 6) is -1.67. The number of Topliss-reactive ketones (excluding diaryl/α,β-unsaturated/α-hetero) is 1. The number of anilines is 5. The van der Waals surface area contributed by atoms with Gasteiger partial charge in [-0.3, -0.25) is 10.2 Å². The number of hydrogen-bond donors (Lipinski definition) is 2. The summed E-state index contributed by atoms with van der Waals surface area (Å²) in [5, 5.41) is 6.36. The molecule has 0 fully saturated rings. The first-order chi connectivity index (χ1) is 23.9. The van der Waals surface area contributed by atoms with Gasteiger partial charge >= 0.3 is 88.7 Å². The topological polar surface area (TPSA) is 267 Å². The van der Waals surface area contributed by atoms with E-state index in [1.807, 2.05) is 0 Å². The van der Waals surface area contributed by atoms with Crippen molar-refractivity contribution < 1.29 is 132 Å². The van der Waals surface area contributed by atoms with Gasteiger partial charge in [0.25, 0.3) is 0 Å². The van der Waals surface area contributed by atoms with Gasteiger partial charge in [0.15, 0.2) is 0 Å². The number of hydrogen-bond acceptors (Lipinski definition) is 17. The van der Waals surface area contributed by atoms with Crippen molar-refractivity contribution in [2.24, 2.45) is 5.10 Å². The summed E-state index contributed by atoms with van der Waals surface area (Å²) in [6, 6.07) is 18.6. The summed E-state index contributed by atoms with van der Waals surface area (Å²) >= 11 is 6.15. The Morgan fingerprint density at radius 1 is 0.759 bits per heavy atom. The standard InChI is InChI=1S/C30H22ClN7O10S3.3Na/c1-38(18-8-3-2-4-9-18)30-34-28(31)33-29(35-30)32-22-15-19(49(40,41)42)13-17-14-23(50(43,44)45)25(26(39)24(17)22)37-36-21-12-11-16-7-5-6-10-20(16)27(21)51(46,47)48;;;/h2-15,36H,1H3,(H,40,41,42)(H,43,44,45)(H,46,47,48)(H,32,33,34,35);;;/q;3*+1/p-3. The Bertz CT molecular complexity index is 2690. The van der Waals surface area contributed by atoms with Gasteiger partial charge in [-0.05, 0) is 59.0 Å². The molecule has 2 N–H and O–H groups in total. The molecule has 24 heteroatoms. The molecule has 5 aromatic rings. The van der Waals surface area contributed by atoms with Crippen LogP contribution in [0.15, 0.2) is 98.7 Å². The van der Waals surface area contributed by atoms with E-state index in [1.165, 1.54) is 29.2 Å². The van der Waals surface area contributed by atoms with Crippen molar-refractivity contribution in [3.8, 4) is 0 Å². The molecule has 0 bridgehead atoms. The third-order valence-corrected chi connectivity index (χ3v) is 10.1. The molecule has 1 aliphatic carbocycles. The van der Waals surface area contributed by atoms with Gasteiger partial charge in [0, 0.05) is 18.1 Å². The molecular formula is C30H19ClN7Na3O10S3. The number of rotatable bonds is 9. The molecule has 0 atom stereocenters. The summed E-state index contributed by atoms with van der Waals surface area (Å²) in [4.78, 5) is 24.9. The fourth-order valence-corrected chi connectivity index (χ4v) is 7.31. The predicted octanol–water partition coefficient (Wildman–Crippen LogP) is -5.44. The Kier molecular flexibility index (Phi) is 15.2. The smallest absolute Gasteiger partial charge is 0.744 e. The maximum Gasteiger partial charge on any atom is 1.00 e. The van der Waals surface area contributed by atoms with Gasteiger partial charge in [-0.25, -0.2) is 25.3 Å². The molecular weight excluding hydrogens is 819 g/mol. The number of carbonyl (C=O) groups excluding carboxylic acids is 1. The van der Waals surface area contributed by atoms with Gasteiger partial charge < -0.3 is 23.9 Å². The van der Waals surface area contributed by atoms with Gasteiger partial charge in [-0.1, -0.05) is 48.5 Å². The molecule has 0 amide bonds. The second-order valence-electron chi connectivity index (χ2n) is 10.6. The van der Waals surface area contributed by atoms with Crippen LogP contribution >= 0.6 is 11.6 Å². The van der Waals surface area contributed by atoms with E-state index in [2.05, 4.69) is 30.8 Å². The molecule has 0 saturated heterocycles. The van der Waals surface area contributed by atoms with Crippen LogP contribution in [0.5, 0.6) is 0 Å². The fraction of sp³-hybridized carbons (Fsp3) is 0.0333. The van der Waals surface area contributed by atoms with Crippen LogP contribution in [0.3, 0.4) is 0 Å². The number of nitrogens with one attached hydrogen (secondary N) is 2. The predicted molar refractivity (Wildman–Crippen MR) is 182 cm³/mol. The number of allylic oxidation sites excluding steroid dienone is 1. The molecule has 0 radical (unpaired) electrons. The van der Waals surface area contributed by atoms with Crippen molar-refractivity contribution in [1.82, 2.24) is 15.0 Å². The van der Waals surface area contributed by atoms with Crippen LogP contribution in [0.25, 0.3) is 16.8 Å². The monoisotopic (exact) mass is 837 g/mol. The van der Waals surface area contributed by atoms with Crippen molar-refractivity contribution >= 4 is 99.3 Å². The molecule has 1 heterocycles. The minimum atomic E-state index is -5.56. The van der Waals surface area contributed by atoms with Crippen molar-refractivity contribution in [2.45, 2.75) is 9.79 Å². The fourth-order valence-electron chi connectivity index (χ4n) is 5.13. The van der Waals surface area contributed by atoms with E-state index in [0.29, 0.717) is 23.2 Å². The van der Waals surface area contributed by atoms with Crippen LogP contribution in [-0.4, -0.2) is 72.4 Å². The van der Waals surface area contributed by atoms with Crippen LogP contribution in [0.4, 0.5) is 29.0 Å². The van der Waals surface area contributed by atoms with Crippen LogP contribution in [0.1, 0.15) is 15.9 Å². The maximum atomic E-state index is 14.0.